The van der Waals surface area contributed by atoms with Gasteiger partial charge in [-0.2, -0.15) is 0 Å². The molecule has 0 aromatic rings. The number of hydrogen-bond acceptors (Lipinski definition) is 4. The van der Waals surface area contributed by atoms with E-state index in [-0.39, 0.29) is 18.8 Å². The molecule has 1 aliphatic heterocycles. The molecule has 92 valence electrons. The van der Waals surface area contributed by atoms with Crippen molar-refractivity contribution in [1.82, 2.24) is 4.90 Å². The van der Waals surface area contributed by atoms with Crippen LogP contribution >= 0.6 is 0 Å². The van der Waals surface area contributed by atoms with Crippen LogP contribution in [0, 0.1) is 0 Å². The number of aliphatic hydroxyl groups is 1. The van der Waals surface area contributed by atoms with Crippen molar-refractivity contribution >= 4 is 5.97 Å². The molecule has 3 atom stereocenters. The summed E-state index contributed by atoms with van der Waals surface area (Å²) in [5, 5.41) is 19.1. The van der Waals surface area contributed by atoms with Crippen LogP contribution in [0.3, 0.4) is 0 Å². The summed E-state index contributed by atoms with van der Waals surface area (Å²) < 4.78 is 5.20. The molecule has 2 fully saturated rings. The highest BCUT2D eigenvalue weighted by molar-refractivity contribution is 5.73. The van der Waals surface area contributed by atoms with Crippen LogP contribution < -0.4 is 0 Å². The van der Waals surface area contributed by atoms with Crippen molar-refractivity contribution in [2.75, 3.05) is 19.8 Å². The summed E-state index contributed by atoms with van der Waals surface area (Å²) in [5.41, 5.74) is 0. The Bertz CT molecular complexity index is 258. The average Bonchev–Trinajstić information content (AvgIpc) is 2.29. The normalized spacial score (nSPS) is 37.2. The molecular formula is C11H19NO4. The van der Waals surface area contributed by atoms with Crippen molar-refractivity contribution in [3.63, 3.8) is 0 Å². The minimum absolute atomic E-state index is 0.00116. The smallest absolute Gasteiger partial charge is 0.323 e. The van der Waals surface area contributed by atoms with E-state index >= 15 is 0 Å². The molecule has 1 heterocycles. The van der Waals surface area contributed by atoms with Gasteiger partial charge >= 0.3 is 5.97 Å². The van der Waals surface area contributed by atoms with Gasteiger partial charge in [-0.1, -0.05) is 12.8 Å². The monoisotopic (exact) mass is 229 g/mol. The number of rotatable bonds is 2. The lowest BCUT2D eigenvalue weighted by atomic mass is 9.90. The molecule has 3 unspecified atom stereocenters. The van der Waals surface area contributed by atoms with Crippen LogP contribution in [-0.4, -0.2) is 59.0 Å². The number of aliphatic hydroxyl groups excluding tert-OH is 1. The van der Waals surface area contributed by atoms with Crippen molar-refractivity contribution < 1.29 is 19.7 Å². The van der Waals surface area contributed by atoms with Crippen molar-refractivity contribution in [2.24, 2.45) is 0 Å². The summed E-state index contributed by atoms with van der Waals surface area (Å²) >= 11 is 0. The highest BCUT2D eigenvalue weighted by Crippen LogP contribution is 2.26. The van der Waals surface area contributed by atoms with Gasteiger partial charge in [0.2, 0.25) is 0 Å². The fourth-order valence-corrected chi connectivity index (χ4v) is 2.71. The summed E-state index contributed by atoms with van der Waals surface area (Å²) in [6, 6.07) is -0.592. The number of hydrogen-bond donors (Lipinski definition) is 2. The predicted molar refractivity (Wildman–Crippen MR) is 57.2 cm³/mol. The summed E-state index contributed by atoms with van der Waals surface area (Å²) in [4.78, 5) is 13.0. The SMILES string of the molecule is O=C(O)C1COCCN1C1CCCCC1O. The van der Waals surface area contributed by atoms with Crippen molar-refractivity contribution in [1.29, 1.82) is 0 Å². The van der Waals surface area contributed by atoms with E-state index in [4.69, 9.17) is 9.84 Å². The Kier molecular flexibility index (Phi) is 3.78. The van der Waals surface area contributed by atoms with E-state index < -0.39 is 12.0 Å². The summed E-state index contributed by atoms with van der Waals surface area (Å²) in [5.74, 6) is -0.850. The molecule has 0 aromatic carbocycles. The van der Waals surface area contributed by atoms with Gasteiger partial charge in [-0.25, -0.2) is 0 Å². The molecule has 0 spiro atoms. The van der Waals surface area contributed by atoms with Gasteiger partial charge in [-0.3, -0.25) is 9.69 Å². The lowest BCUT2D eigenvalue weighted by molar-refractivity contribution is -0.154. The molecule has 1 aliphatic carbocycles. The zero-order valence-corrected chi connectivity index (χ0v) is 9.34. The van der Waals surface area contributed by atoms with Gasteiger partial charge in [0, 0.05) is 12.6 Å². The maximum absolute atomic E-state index is 11.1. The van der Waals surface area contributed by atoms with Crippen LogP contribution in [0.2, 0.25) is 0 Å². The number of ether oxygens (including phenoxy) is 1. The summed E-state index contributed by atoms with van der Waals surface area (Å²) in [6.45, 7) is 1.41. The Morgan fingerprint density at radius 1 is 1.31 bits per heavy atom. The molecule has 0 bridgehead atoms. The third kappa shape index (κ3) is 2.36. The minimum Gasteiger partial charge on any atom is -0.480 e. The molecule has 16 heavy (non-hydrogen) atoms. The Balaban J connectivity index is 2.06. The molecule has 2 N–H and O–H groups in total. The van der Waals surface area contributed by atoms with Crippen LogP contribution in [0.5, 0.6) is 0 Å². The van der Waals surface area contributed by atoms with Crippen molar-refractivity contribution in [3.05, 3.63) is 0 Å². The number of carboxylic acids is 1. The Hall–Kier alpha value is -0.650. The van der Waals surface area contributed by atoms with E-state index in [1.807, 2.05) is 4.90 Å². The van der Waals surface area contributed by atoms with Gasteiger partial charge in [-0.15, -0.1) is 0 Å². The lowest BCUT2D eigenvalue weighted by Crippen LogP contribution is -2.58. The second-order valence-corrected chi connectivity index (χ2v) is 4.59. The molecule has 2 aliphatic rings. The van der Waals surface area contributed by atoms with E-state index in [0.717, 1.165) is 25.7 Å². The first kappa shape index (κ1) is 11.8. The predicted octanol–water partition coefficient (Wildman–Crippen LogP) is 0.0753. The molecule has 0 radical (unpaired) electrons. The minimum atomic E-state index is -0.850. The van der Waals surface area contributed by atoms with Crippen LogP contribution in [-0.2, 0) is 9.53 Å². The fourth-order valence-electron chi connectivity index (χ4n) is 2.71. The third-order valence-electron chi connectivity index (χ3n) is 3.57. The molecule has 1 saturated heterocycles. The van der Waals surface area contributed by atoms with Crippen LogP contribution in [0.1, 0.15) is 25.7 Å². The highest BCUT2D eigenvalue weighted by Gasteiger charge is 2.38. The van der Waals surface area contributed by atoms with E-state index in [0.29, 0.717) is 13.2 Å². The molecule has 5 heteroatoms. The van der Waals surface area contributed by atoms with Gasteiger partial charge in [0.05, 0.1) is 19.3 Å². The number of nitrogens with zero attached hydrogens (tertiary/aromatic N) is 1. The first-order valence-corrected chi connectivity index (χ1v) is 5.94. The zero-order valence-electron chi connectivity index (χ0n) is 9.34. The third-order valence-corrected chi connectivity index (χ3v) is 3.57. The Labute approximate surface area is 95.0 Å². The fraction of sp³-hybridized carbons (Fsp3) is 0.909. The molecule has 1 saturated carbocycles. The molecule has 5 nitrogen and oxygen atoms in total. The molecule has 0 amide bonds. The number of aliphatic carboxylic acids is 1. The van der Waals surface area contributed by atoms with Crippen molar-refractivity contribution in [2.45, 2.75) is 43.9 Å². The topological polar surface area (TPSA) is 70.0 Å². The molecule has 2 rings (SSSR count). The quantitative estimate of drug-likeness (QED) is 0.701. The van der Waals surface area contributed by atoms with E-state index in [2.05, 4.69) is 0 Å². The number of carboxylic acid groups (broad SMARTS) is 1. The largest absolute Gasteiger partial charge is 0.480 e. The first-order chi connectivity index (χ1) is 7.70. The first-order valence-electron chi connectivity index (χ1n) is 5.94. The van der Waals surface area contributed by atoms with Crippen molar-refractivity contribution in [3.8, 4) is 0 Å². The molecule has 0 aromatic heterocycles. The molecular weight excluding hydrogens is 210 g/mol. The van der Waals surface area contributed by atoms with E-state index in [9.17, 15) is 9.90 Å². The van der Waals surface area contributed by atoms with Gasteiger partial charge in [0.15, 0.2) is 0 Å². The van der Waals surface area contributed by atoms with Gasteiger partial charge in [0.1, 0.15) is 6.04 Å². The maximum Gasteiger partial charge on any atom is 0.323 e. The average molecular weight is 229 g/mol. The van der Waals surface area contributed by atoms with Crippen LogP contribution in [0.25, 0.3) is 0 Å². The van der Waals surface area contributed by atoms with Gasteiger partial charge < -0.3 is 14.9 Å². The Morgan fingerprint density at radius 3 is 2.75 bits per heavy atom. The van der Waals surface area contributed by atoms with E-state index in [1.54, 1.807) is 0 Å². The van der Waals surface area contributed by atoms with Gasteiger partial charge in [-0.05, 0) is 12.8 Å². The standard InChI is InChI=1S/C11H19NO4/c13-10-4-2-1-3-8(10)12-5-6-16-7-9(12)11(14)15/h8-10,13H,1-7H2,(H,14,15). The highest BCUT2D eigenvalue weighted by atomic mass is 16.5. The maximum atomic E-state index is 11.1. The van der Waals surface area contributed by atoms with Gasteiger partial charge in [0.25, 0.3) is 0 Å². The summed E-state index contributed by atoms with van der Waals surface area (Å²) in [6.07, 6.45) is 3.42. The Morgan fingerprint density at radius 2 is 2.06 bits per heavy atom. The van der Waals surface area contributed by atoms with Crippen LogP contribution in [0.4, 0.5) is 0 Å². The zero-order chi connectivity index (χ0) is 11.5. The number of morpholine rings is 1. The number of carbonyl (C=O) groups is 1. The lowest BCUT2D eigenvalue weighted by Gasteiger charge is -2.42. The summed E-state index contributed by atoms with van der Waals surface area (Å²) in [7, 11) is 0. The van der Waals surface area contributed by atoms with Crippen LogP contribution in [0.15, 0.2) is 0 Å². The second-order valence-electron chi connectivity index (χ2n) is 4.59. The van der Waals surface area contributed by atoms with E-state index in [1.165, 1.54) is 0 Å². The second kappa shape index (κ2) is 5.12.